The number of aromatic amines is 1. The number of aromatic nitrogens is 3. The third-order valence-electron chi connectivity index (χ3n) is 8.42. The quantitative estimate of drug-likeness (QED) is 0.290. The molecule has 2 aromatic heterocycles. The van der Waals surface area contributed by atoms with Gasteiger partial charge in [-0.3, -0.25) is 10.00 Å². The highest BCUT2D eigenvalue weighted by Crippen LogP contribution is 2.36. The van der Waals surface area contributed by atoms with E-state index in [4.69, 9.17) is 11.6 Å². The molecule has 6 heteroatoms. The first kappa shape index (κ1) is 24.6. The van der Waals surface area contributed by atoms with E-state index < -0.39 is 5.60 Å². The predicted octanol–water partition coefficient (Wildman–Crippen LogP) is 6.90. The smallest absolute Gasteiger partial charge is 0.155 e. The van der Waals surface area contributed by atoms with Crippen molar-refractivity contribution >= 4 is 22.6 Å². The van der Waals surface area contributed by atoms with E-state index in [-0.39, 0.29) is 0 Å². The van der Waals surface area contributed by atoms with E-state index in [1.54, 1.807) is 13.8 Å². The summed E-state index contributed by atoms with van der Waals surface area (Å²) in [6.07, 6.45) is 9.42. The fraction of sp³-hybridized carbons (Fsp3) is 0.419. The van der Waals surface area contributed by atoms with Crippen molar-refractivity contribution in [1.82, 2.24) is 20.1 Å². The number of benzene rings is 2. The number of halogens is 1. The highest BCUT2D eigenvalue weighted by atomic mass is 35.5. The second kappa shape index (κ2) is 9.54. The van der Waals surface area contributed by atoms with Gasteiger partial charge in [0, 0.05) is 45.4 Å². The molecular weight excluding hydrogens is 480 g/mol. The van der Waals surface area contributed by atoms with Crippen LogP contribution in [-0.2, 0) is 18.4 Å². The van der Waals surface area contributed by atoms with E-state index in [2.05, 4.69) is 51.3 Å². The van der Waals surface area contributed by atoms with E-state index >= 15 is 0 Å². The van der Waals surface area contributed by atoms with Crippen molar-refractivity contribution in [1.29, 1.82) is 0 Å². The molecule has 1 fully saturated rings. The fourth-order valence-corrected chi connectivity index (χ4v) is 6.75. The molecule has 2 N–H and O–H groups in total. The average molecular weight is 515 g/mol. The molecule has 37 heavy (non-hydrogen) atoms. The maximum absolute atomic E-state index is 10.4. The first-order valence-electron chi connectivity index (χ1n) is 13.5. The van der Waals surface area contributed by atoms with Crippen LogP contribution in [0.15, 0.2) is 48.7 Å². The largest absolute Gasteiger partial charge is 0.386 e. The van der Waals surface area contributed by atoms with Gasteiger partial charge in [0.05, 0.1) is 5.60 Å². The average Bonchev–Trinajstić information content (AvgIpc) is 3.43. The molecule has 4 aromatic rings. The number of rotatable bonds is 4. The molecule has 6 rings (SSSR count). The van der Waals surface area contributed by atoms with Crippen molar-refractivity contribution in [2.24, 2.45) is 0 Å². The van der Waals surface area contributed by atoms with E-state index in [0.717, 1.165) is 46.7 Å². The summed E-state index contributed by atoms with van der Waals surface area (Å²) in [5.41, 5.74) is 7.41. The Morgan fingerprint density at radius 2 is 1.76 bits per heavy atom. The van der Waals surface area contributed by atoms with Crippen molar-refractivity contribution in [2.45, 2.75) is 77.0 Å². The summed E-state index contributed by atoms with van der Waals surface area (Å²) in [7, 11) is 0. The molecule has 1 aliphatic heterocycles. The van der Waals surface area contributed by atoms with E-state index in [9.17, 15) is 5.11 Å². The van der Waals surface area contributed by atoms with Crippen molar-refractivity contribution in [3.63, 3.8) is 0 Å². The molecule has 0 spiro atoms. The molecule has 1 saturated heterocycles. The molecule has 2 atom stereocenters. The highest BCUT2D eigenvalue weighted by Gasteiger charge is 2.29. The second-order valence-electron chi connectivity index (χ2n) is 11.4. The predicted molar refractivity (Wildman–Crippen MR) is 151 cm³/mol. The van der Waals surface area contributed by atoms with Gasteiger partial charge in [0.15, 0.2) is 5.65 Å². The first-order valence-corrected chi connectivity index (χ1v) is 13.9. The monoisotopic (exact) mass is 514 g/mol. The van der Waals surface area contributed by atoms with Gasteiger partial charge in [0.2, 0.25) is 0 Å². The summed E-state index contributed by atoms with van der Waals surface area (Å²) in [5, 5.41) is 19.5. The van der Waals surface area contributed by atoms with Crippen LogP contribution in [0.5, 0.6) is 0 Å². The number of likely N-dealkylation sites (tertiary alicyclic amines) is 1. The highest BCUT2D eigenvalue weighted by molar-refractivity contribution is 6.31. The minimum atomic E-state index is -1.00. The van der Waals surface area contributed by atoms with Gasteiger partial charge in [0.25, 0.3) is 0 Å². The Labute approximate surface area is 223 Å². The number of aliphatic hydroxyl groups is 1. The molecule has 2 aliphatic rings. The number of pyridine rings is 1. The number of hydrogen-bond acceptors (Lipinski definition) is 4. The van der Waals surface area contributed by atoms with E-state index in [1.165, 1.54) is 48.9 Å². The van der Waals surface area contributed by atoms with Gasteiger partial charge in [0.1, 0.15) is 5.69 Å². The van der Waals surface area contributed by atoms with Crippen LogP contribution in [0.25, 0.3) is 33.4 Å². The zero-order valence-corrected chi connectivity index (χ0v) is 22.6. The van der Waals surface area contributed by atoms with Crippen molar-refractivity contribution in [3.05, 3.63) is 70.4 Å². The van der Waals surface area contributed by atoms with Crippen LogP contribution in [0.2, 0.25) is 5.02 Å². The van der Waals surface area contributed by atoms with Gasteiger partial charge in [-0.15, -0.1) is 0 Å². The molecule has 0 radical (unpaired) electrons. The first-order chi connectivity index (χ1) is 17.8. The molecule has 192 valence electrons. The zero-order valence-electron chi connectivity index (χ0n) is 21.9. The fourth-order valence-electron chi connectivity index (χ4n) is 6.34. The third-order valence-corrected chi connectivity index (χ3v) is 8.74. The Kier molecular flexibility index (Phi) is 6.34. The minimum absolute atomic E-state index is 0.526. The lowest BCUT2D eigenvalue weighted by atomic mass is 9.95. The number of fused-ring (bicyclic) bond motifs is 2. The summed E-state index contributed by atoms with van der Waals surface area (Å²) in [5.74, 6) is 0. The molecule has 1 aliphatic carbocycles. The Morgan fingerprint density at radius 1 is 0.973 bits per heavy atom. The molecule has 1 unspecified atom stereocenters. The van der Waals surface area contributed by atoms with Crippen LogP contribution in [0.4, 0.5) is 0 Å². The summed E-state index contributed by atoms with van der Waals surface area (Å²) in [6.45, 7) is 7.13. The van der Waals surface area contributed by atoms with Crippen LogP contribution in [0, 0.1) is 0 Å². The number of nitrogens with zero attached hydrogens (tertiary/aromatic N) is 3. The van der Waals surface area contributed by atoms with Crippen LogP contribution >= 0.6 is 11.6 Å². The second-order valence-corrected chi connectivity index (χ2v) is 11.8. The summed E-state index contributed by atoms with van der Waals surface area (Å²) in [4.78, 5) is 7.44. The van der Waals surface area contributed by atoms with Gasteiger partial charge < -0.3 is 5.11 Å². The maximum atomic E-state index is 10.4. The number of nitrogens with one attached hydrogen (secondary N) is 1. The molecule has 0 amide bonds. The minimum Gasteiger partial charge on any atom is -0.386 e. The van der Waals surface area contributed by atoms with Crippen LogP contribution < -0.4 is 0 Å². The van der Waals surface area contributed by atoms with Crippen LogP contribution in [0.1, 0.15) is 63.1 Å². The molecular formula is C31H35ClN4O. The maximum Gasteiger partial charge on any atom is 0.155 e. The third kappa shape index (κ3) is 4.69. The summed E-state index contributed by atoms with van der Waals surface area (Å²) in [6, 6.07) is 16.3. The summed E-state index contributed by atoms with van der Waals surface area (Å²) < 4.78 is 0. The van der Waals surface area contributed by atoms with Crippen molar-refractivity contribution in [2.75, 3.05) is 6.54 Å². The lowest BCUT2D eigenvalue weighted by molar-refractivity contribution is 0.0787. The Morgan fingerprint density at radius 3 is 2.49 bits per heavy atom. The zero-order chi connectivity index (χ0) is 25.7. The van der Waals surface area contributed by atoms with Crippen LogP contribution in [-0.4, -0.2) is 43.8 Å². The Balaban J connectivity index is 1.30. The number of hydrogen-bond donors (Lipinski definition) is 2. The van der Waals surface area contributed by atoms with Gasteiger partial charge >= 0.3 is 0 Å². The van der Waals surface area contributed by atoms with Crippen molar-refractivity contribution in [3.8, 4) is 22.4 Å². The molecule has 0 saturated carbocycles. The van der Waals surface area contributed by atoms with E-state index in [0.29, 0.717) is 16.6 Å². The Hall–Kier alpha value is -2.73. The van der Waals surface area contributed by atoms with Crippen molar-refractivity contribution < 1.29 is 5.11 Å². The lowest BCUT2D eigenvalue weighted by Crippen LogP contribution is -2.37. The standard InChI is InChI=1S/C31H35ClN4O/c1-19-5-4-14-36(19)25-11-8-20-6-7-22(15-21(20)9-12-25)24-16-26-29(34-35-30(26)33-18-24)23-10-13-27(28(32)17-23)31(2,3)37/h6-7,10,13,15-19,25,37H,4-5,8-9,11-12,14H2,1-3H3,(H,33,34,35)/t19-,25?/m1/s1. The molecule has 5 nitrogen and oxygen atoms in total. The van der Waals surface area contributed by atoms with Gasteiger partial charge in [-0.1, -0.05) is 41.9 Å². The normalized spacial score (nSPS) is 20.8. The van der Waals surface area contributed by atoms with Gasteiger partial charge in [-0.05, 0) is 94.7 Å². The molecule has 2 aromatic carbocycles. The topological polar surface area (TPSA) is 65.0 Å². The molecule has 0 bridgehead atoms. The SMILES string of the molecule is C[C@@H]1CCCN1C1CCc2ccc(-c3cnc4[nH]nc(-c5ccc(C(C)(C)O)c(Cl)c5)c4c3)cc2CC1. The van der Waals surface area contributed by atoms with Gasteiger partial charge in [-0.25, -0.2) is 4.98 Å². The summed E-state index contributed by atoms with van der Waals surface area (Å²) >= 11 is 6.53. The number of H-pyrrole nitrogens is 1. The van der Waals surface area contributed by atoms with E-state index in [1.807, 2.05) is 24.4 Å². The Bertz CT molecular complexity index is 1450. The number of aryl methyl sites for hydroxylation is 2. The van der Waals surface area contributed by atoms with Crippen LogP contribution in [0.3, 0.4) is 0 Å². The molecule has 3 heterocycles. The van der Waals surface area contributed by atoms with Gasteiger partial charge in [-0.2, -0.15) is 5.10 Å². The lowest BCUT2D eigenvalue weighted by Gasteiger charge is -2.30.